The highest BCUT2D eigenvalue weighted by Crippen LogP contribution is 2.32. The molecule has 3 amide bonds. The lowest BCUT2D eigenvalue weighted by Gasteiger charge is -2.35. The van der Waals surface area contributed by atoms with Gasteiger partial charge in [0.2, 0.25) is 5.91 Å². The number of hydrogen-bond donors (Lipinski definition) is 3. The third-order valence-electron chi connectivity index (χ3n) is 6.44. The molecule has 1 heterocycles. The fourth-order valence-corrected chi connectivity index (χ4v) is 4.24. The summed E-state index contributed by atoms with van der Waals surface area (Å²) < 4.78 is 16.7. The zero-order chi connectivity index (χ0) is 25.3. The molecule has 36 heavy (non-hydrogen) atoms. The van der Waals surface area contributed by atoms with Crippen molar-refractivity contribution in [3.05, 3.63) is 53.6 Å². The number of nitrogens with one attached hydrogen (secondary N) is 3. The molecule has 0 spiro atoms. The smallest absolute Gasteiger partial charge is 0.315 e. The number of morpholine rings is 1. The van der Waals surface area contributed by atoms with Gasteiger partial charge < -0.3 is 30.2 Å². The van der Waals surface area contributed by atoms with Crippen LogP contribution in [0.15, 0.2) is 42.5 Å². The molecule has 2 aromatic carbocycles. The predicted octanol–water partition coefficient (Wildman–Crippen LogP) is 3.32. The van der Waals surface area contributed by atoms with Crippen LogP contribution in [-0.2, 0) is 16.1 Å². The van der Waals surface area contributed by atoms with Crippen LogP contribution in [0.1, 0.15) is 36.9 Å². The van der Waals surface area contributed by atoms with Gasteiger partial charge in [-0.1, -0.05) is 18.2 Å². The Kier molecular flexibility index (Phi) is 9.02. The number of nitrogens with zero attached hydrogens (tertiary/aromatic N) is 1. The van der Waals surface area contributed by atoms with Crippen LogP contribution in [0.25, 0.3) is 0 Å². The number of urea groups is 1. The van der Waals surface area contributed by atoms with E-state index in [4.69, 9.17) is 14.2 Å². The highest BCUT2D eigenvalue weighted by Gasteiger charge is 2.29. The van der Waals surface area contributed by atoms with Gasteiger partial charge in [0, 0.05) is 37.8 Å². The Hall–Kier alpha value is -3.30. The number of ether oxygens (including phenoxy) is 3. The fourth-order valence-electron chi connectivity index (χ4n) is 4.24. The van der Waals surface area contributed by atoms with E-state index in [0.717, 1.165) is 42.7 Å². The van der Waals surface area contributed by atoms with Crippen LogP contribution < -0.4 is 25.4 Å². The SMILES string of the molecule is CCOc1ccc([C@H](CNC(=O)NCc2ccc(NC(=O)C3CC3)cc2)N2CCOCC2)cc1OC. The normalized spacial score (nSPS) is 16.6. The van der Waals surface area contributed by atoms with E-state index in [-0.39, 0.29) is 23.9 Å². The van der Waals surface area contributed by atoms with Crippen molar-refractivity contribution in [1.82, 2.24) is 15.5 Å². The molecule has 2 fully saturated rings. The Balaban J connectivity index is 1.33. The Morgan fingerprint density at radius 2 is 1.81 bits per heavy atom. The largest absolute Gasteiger partial charge is 0.493 e. The third kappa shape index (κ3) is 7.11. The summed E-state index contributed by atoms with van der Waals surface area (Å²) in [4.78, 5) is 26.8. The maximum absolute atomic E-state index is 12.6. The molecular formula is C27H36N4O5. The Morgan fingerprint density at radius 1 is 1.06 bits per heavy atom. The minimum absolute atomic E-state index is 0.0291. The van der Waals surface area contributed by atoms with Crippen LogP contribution in [0, 0.1) is 5.92 Å². The van der Waals surface area contributed by atoms with Crippen molar-refractivity contribution in [2.24, 2.45) is 5.92 Å². The van der Waals surface area contributed by atoms with Crippen LogP contribution in [0.4, 0.5) is 10.5 Å². The van der Waals surface area contributed by atoms with Gasteiger partial charge in [0.25, 0.3) is 0 Å². The average molecular weight is 497 g/mol. The molecular weight excluding hydrogens is 460 g/mol. The van der Waals surface area contributed by atoms with Crippen LogP contribution in [-0.4, -0.2) is 63.4 Å². The number of hydrogen-bond acceptors (Lipinski definition) is 6. The number of carbonyl (C=O) groups excluding carboxylic acids is 2. The van der Waals surface area contributed by atoms with E-state index in [9.17, 15) is 9.59 Å². The maximum atomic E-state index is 12.6. The monoisotopic (exact) mass is 496 g/mol. The van der Waals surface area contributed by atoms with E-state index >= 15 is 0 Å². The van der Waals surface area contributed by atoms with Crippen molar-refractivity contribution < 1.29 is 23.8 Å². The number of methoxy groups -OCH3 is 1. The summed E-state index contributed by atoms with van der Waals surface area (Å²) in [5.41, 5.74) is 2.77. The summed E-state index contributed by atoms with van der Waals surface area (Å²) in [7, 11) is 1.63. The number of rotatable bonds is 11. The summed E-state index contributed by atoms with van der Waals surface area (Å²) in [5, 5.41) is 8.87. The van der Waals surface area contributed by atoms with Gasteiger partial charge in [-0.15, -0.1) is 0 Å². The topological polar surface area (TPSA) is 101 Å². The first-order chi connectivity index (χ1) is 17.6. The predicted molar refractivity (Wildman–Crippen MR) is 137 cm³/mol. The number of anilines is 1. The first-order valence-corrected chi connectivity index (χ1v) is 12.6. The third-order valence-corrected chi connectivity index (χ3v) is 6.44. The highest BCUT2D eigenvalue weighted by atomic mass is 16.5. The van der Waals surface area contributed by atoms with Gasteiger partial charge >= 0.3 is 6.03 Å². The molecule has 1 aliphatic heterocycles. The molecule has 2 aromatic rings. The molecule has 0 radical (unpaired) electrons. The van der Waals surface area contributed by atoms with Gasteiger partial charge in [0.1, 0.15) is 0 Å². The van der Waals surface area contributed by atoms with Crippen molar-refractivity contribution in [2.45, 2.75) is 32.4 Å². The van der Waals surface area contributed by atoms with E-state index in [1.54, 1.807) is 7.11 Å². The lowest BCUT2D eigenvalue weighted by molar-refractivity contribution is -0.117. The summed E-state index contributed by atoms with van der Waals surface area (Å²) in [6.45, 7) is 6.22. The van der Waals surface area contributed by atoms with Gasteiger partial charge in [-0.25, -0.2) is 4.79 Å². The van der Waals surface area contributed by atoms with Crippen molar-refractivity contribution in [2.75, 3.05) is 51.9 Å². The molecule has 0 aromatic heterocycles. The van der Waals surface area contributed by atoms with Crippen LogP contribution in [0.5, 0.6) is 11.5 Å². The Labute approximate surface area is 212 Å². The molecule has 3 N–H and O–H groups in total. The van der Waals surface area contributed by atoms with Gasteiger partial charge in [-0.05, 0) is 55.2 Å². The molecule has 0 unspecified atom stereocenters. The van der Waals surface area contributed by atoms with Crippen LogP contribution >= 0.6 is 0 Å². The average Bonchev–Trinajstić information content (AvgIpc) is 3.76. The first kappa shape index (κ1) is 25.8. The van der Waals surface area contributed by atoms with Gasteiger partial charge in [-0.2, -0.15) is 0 Å². The molecule has 1 aliphatic carbocycles. The van der Waals surface area contributed by atoms with Gasteiger partial charge in [-0.3, -0.25) is 9.69 Å². The van der Waals surface area contributed by atoms with E-state index in [0.29, 0.717) is 44.4 Å². The van der Waals surface area contributed by atoms with Crippen molar-refractivity contribution in [1.29, 1.82) is 0 Å². The van der Waals surface area contributed by atoms with Crippen molar-refractivity contribution in [3.63, 3.8) is 0 Å². The summed E-state index contributed by atoms with van der Waals surface area (Å²) in [6.07, 6.45) is 1.95. The summed E-state index contributed by atoms with van der Waals surface area (Å²) in [5.74, 6) is 1.63. The molecule has 4 rings (SSSR count). The minimum Gasteiger partial charge on any atom is -0.493 e. The molecule has 9 heteroatoms. The zero-order valence-electron chi connectivity index (χ0n) is 21.0. The standard InChI is InChI=1S/C27H36N4O5/c1-3-36-24-11-8-21(16-25(24)34-2)23(31-12-14-35-15-13-31)18-29-27(33)28-17-19-4-9-22(10-5-19)30-26(32)20-6-7-20/h4-5,8-11,16,20,23H,3,6-7,12-15,17-18H2,1-2H3,(H,30,32)(H2,28,29,33)/t23-/m0/s1. The van der Waals surface area contributed by atoms with E-state index in [1.165, 1.54) is 0 Å². The molecule has 9 nitrogen and oxygen atoms in total. The second-order valence-corrected chi connectivity index (χ2v) is 9.03. The molecule has 0 bridgehead atoms. The fraction of sp³-hybridized carbons (Fsp3) is 0.481. The minimum atomic E-state index is -0.239. The molecule has 194 valence electrons. The first-order valence-electron chi connectivity index (χ1n) is 12.6. The van der Waals surface area contributed by atoms with E-state index in [2.05, 4.69) is 20.9 Å². The second kappa shape index (κ2) is 12.6. The number of carbonyl (C=O) groups is 2. The van der Waals surface area contributed by atoms with Crippen molar-refractivity contribution >= 4 is 17.6 Å². The Bertz CT molecular complexity index is 1020. The maximum Gasteiger partial charge on any atom is 0.315 e. The van der Waals surface area contributed by atoms with Crippen LogP contribution in [0.2, 0.25) is 0 Å². The lowest BCUT2D eigenvalue weighted by atomic mass is 10.0. The molecule has 1 atom stereocenters. The van der Waals surface area contributed by atoms with Crippen molar-refractivity contribution in [3.8, 4) is 11.5 Å². The second-order valence-electron chi connectivity index (χ2n) is 9.03. The molecule has 1 saturated carbocycles. The highest BCUT2D eigenvalue weighted by molar-refractivity contribution is 5.94. The number of benzene rings is 2. The van der Waals surface area contributed by atoms with E-state index in [1.807, 2.05) is 49.4 Å². The number of amides is 3. The summed E-state index contributed by atoms with van der Waals surface area (Å²) >= 11 is 0. The molecule has 2 aliphatic rings. The van der Waals surface area contributed by atoms with E-state index < -0.39 is 0 Å². The van der Waals surface area contributed by atoms with Gasteiger partial charge in [0.05, 0.1) is 33.0 Å². The van der Waals surface area contributed by atoms with Gasteiger partial charge in [0.15, 0.2) is 11.5 Å². The Morgan fingerprint density at radius 3 is 2.47 bits per heavy atom. The summed E-state index contributed by atoms with van der Waals surface area (Å²) in [6, 6.07) is 13.2. The quantitative estimate of drug-likeness (QED) is 0.441. The molecule has 1 saturated heterocycles. The zero-order valence-corrected chi connectivity index (χ0v) is 21.0. The van der Waals surface area contributed by atoms with Crippen LogP contribution in [0.3, 0.4) is 0 Å². The lowest BCUT2D eigenvalue weighted by Crippen LogP contribution is -2.45.